The van der Waals surface area contributed by atoms with E-state index in [1.165, 1.54) is 24.1 Å². The number of benzene rings is 3. The van der Waals surface area contributed by atoms with Crippen LogP contribution in [0.25, 0.3) is 0 Å². The van der Waals surface area contributed by atoms with Crippen molar-refractivity contribution in [1.82, 2.24) is 0 Å². The summed E-state index contributed by atoms with van der Waals surface area (Å²) in [5.74, 6) is 0.220. The number of amides is 1. The molecule has 2 aliphatic heterocycles. The molecule has 12 heteroatoms. The Morgan fingerprint density at radius 1 is 1.00 bits per heavy atom. The van der Waals surface area contributed by atoms with Gasteiger partial charge < -0.3 is 33.5 Å². The Morgan fingerprint density at radius 2 is 1.71 bits per heavy atom. The van der Waals surface area contributed by atoms with Crippen LogP contribution in [0.15, 0.2) is 48.5 Å². The highest BCUT2D eigenvalue weighted by atomic mass is 35.5. The molecule has 2 atom stereocenters. The molecule has 8 nitrogen and oxygen atoms in total. The van der Waals surface area contributed by atoms with Gasteiger partial charge in [-0.25, -0.2) is 8.78 Å². The maximum absolute atomic E-state index is 15.5. The van der Waals surface area contributed by atoms with Crippen molar-refractivity contribution in [2.45, 2.75) is 76.4 Å². The van der Waals surface area contributed by atoms with Gasteiger partial charge in [0.2, 0.25) is 5.91 Å². The van der Waals surface area contributed by atoms with Gasteiger partial charge in [-0.05, 0) is 66.9 Å². The lowest BCUT2D eigenvalue weighted by atomic mass is 9.89. The third-order valence-corrected chi connectivity index (χ3v) is 14.7. The number of nitrogens with zero attached hydrogens (tertiary/aromatic N) is 2. The van der Waals surface area contributed by atoms with E-state index >= 15 is 8.78 Å². The van der Waals surface area contributed by atoms with Gasteiger partial charge in [0.25, 0.3) is 0 Å². The van der Waals surface area contributed by atoms with Crippen molar-refractivity contribution in [3.63, 3.8) is 0 Å². The van der Waals surface area contributed by atoms with Crippen molar-refractivity contribution in [1.29, 1.82) is 0 Å². The van der Waals surface area contributed by atoms with Crippen LogP contribution in [0.3, 0.4) is 0 Å². The van der Waals surface area contributed by atoms with E-state index in [1.54, 1.807) is 31.4 Å². The van der Waals surface area contributed by atoms with Crippen LogP contribution < -0.4 is 24.0 Å². The predicted molar refractivity (Wildman–Crippen MR) is 186 cm³/mol. The van der Waals surface area contributed by atoms with Crippen molar-refractivity contribution in [3.05, 3.63) is 76.3 Å². The smallest absolute Gasteiger partial charge is 0.227 e. The number of fused-ring (bicyclic) bond motifs is 1. The molecule has 48 heavy (non-hydrogen) atoms. The summed E-state index contributed by atoms with van der Waals surface area (Å²) < 4.78 is 54.4. The van der Waals surface area contributed by atoms with Gasteiger partial charge >= 0.3 is 0 Å². The normalized spacial score (nSPS) is 20.1. The molecule has 3 aromatic rings. The van der Waals surface area contributed by atoms with Crippen molar-refractivity contribution in [2.24, 2.45) is 0 Å². The van der Waals surface area contributed by atoms with Crippen LogP contribution in [-0.4, -0.2) is 65.0 Å². The first-order valence-electron chi connectivity index (χ1n) is 16.1. The molecule has 1 saturated heterocycles. The Kier molecular flexibility index (Phi) is 10.4. The molecule has 260 valence electrons. The summed E-state index contributed by atoms with van der Waals surface area (Å²) in [6, 6.07) is 12.9. The zero-order valence-corrected chi connectivity index (χ0v) is 30.4. The van der Waals surface area contributed by atoms with Crippen molar-refractivity contribution >= 4 is 37.2 Å². The Labute approximate surface area is 287 Å². The van der Waals surface area contributed by atoms with E-state index in [0.29, 0.717) is 41.5 Å². The van der Waals surface area contributed by atoms with Crippen LogP contribution in [0.2, 0.25) is 23.2 Å². The molecular formula is C36H45ClF2N2O6Si. The first-order chi connectivity index (χ1) is 22.6. The molecule has 0 saturated carbocycles. The maximum atomic E-state index is 15.5. The highest BCUT2D eigenvalue weighted by Gasteiger charge is 2.49. The van der Waals surface area contributed by atoms with E-state index in [4.69, 9.17) is 30.2 Å². The average molecular weight is 703 g/mol. The first kappa shape index (κ1) is 35.9. The second-order valence-corrected chi connectivity index (χ2v) is 19.3. The van der Waals surface area contributed by atoms with E-state index in [0.717, 1.165) is 5.56 Å². The van der Waals surface area contributed by atoms with Gasteiger partial charge in [-0.15, -0.1) is 0 Å². The fourth-order valence-corrected chi connectivity index (χ4v) is 7.55. The summed E-state index contributed by atoms with van der Waals surface area (Å²) in [6.07, 6.45) is -0.0382. The molecule has 0 radical (unpaired) electrons. The second kappa shape index (κ2) is 13.9. The first-order valence-corrected chi connectivity index (χ1v) is 19.4. The number of anilines is 2. The quantitative estimate of drug-likeness (QED) is 0.219. The van der Waals surface area contributed by atoms with Gasteiger partial charge in [-0.3, -0.25) is 4.79 Å². The summed E-state index contributed by atoms with van der Waals surface area (Å²) in [5, 5.41) is 12.3. The van der Waals surface area contributed by atoms with Gasteiger partial charge in [0.05, 0.1) is 43.3 Å². The third kappa shape index (κ3) is 7.29. The number of piperidine rings is 1. The fraction of sp³-hybridized carbons (Fsp3) is 0.472. The number of ether oxygens (including phenoxy) is 3. The van der Waals surface area contributed by atoms with Crippen LogP contribution in [0, 0.1) is 11.6 Å². The monoisotopic (exact) mass is 702 g/mol. The SMILES string of the molecule is COc1ccc(CN2C(=O)CCc3c(OC[C@]4(O)CCN(c5cc(OC)c(Cl)cc5F)C[C@H]4O[Si](C)(C)C(C)(C)C)ccc(F)c32)cc1. The molecule has 3 aromatic carbocycles. The topological polar surface area (TPSA) is 80.7 Å². The van der Waals surface area contributed by atoms with E-state index < -0.39 is 31.7 Å². The minimum atomic E-state index is -2.43. The third-order valence-electron chi connectivity index (χ3n) is 9.93. The number of hydrogen-bond acceptors (Lipinski definition) is 7. The summed E-state index contributed by atoms with van der Waals surface area (Å²) >= 11 is 6.17. The summed E-state index contributed by atoms with van der Waals surface area (Å²) in [6.45, 7) is 11.1. The molecule has 0 aromatic heterocycles. The lowest BCUT2D eigenvalue weighted by Crippen LogP contribution is -2.63. The minimum Gasteiger partial charge on any atom is -0.497 e. The Hall–Kier alpha value is -3.38. The van der Waals surface area contributed by atoms with Crippen LogP contribution >= 0.6 is 11.6 Å². The predicted octanol–water partition coefficient (Wildman–Crippen LogP) is 7.53. The number of aliphatic hydroxyl groups is 1. The average Bonchev–Trinajstić information content (AvgIpc) is 3.03. The number of rotatable bonds is 10. The van der Waals surface area contributed by atoms with Crippen LogP contribution in [0.5, 0.6) is 17.2 Å². The Bertz CT molecular complexity index is 1650. The van der Waals surface area contributed by atoms with Gasteiger partial charge in [-0.1, -0.05) is 44.5 Å². The van der Waals surface area contributed by atoms with Crippen LogP contribution in [0.4, 0.5) is 20.2 Å². The number of carbonyl (C=O) groups excluding carboxylic acids is 1. The van der Waals surface area contributed by atoms with Gasteiger partial charge in [-0.2, -0.15) is 0 Å². The molecule has 5 rings (SSSR count). The van der Waals surface area contributed by atoms with Gasteiger partial charge in [0.15, 0.2) is 8.32 Å². The van der Waals surface area contributed by atoms with E-state index in [9.17, 15) is 9.90 Å². The van der Waals surface area contributed by atoms with Crippen molar-refractivity contribution < 1.29 is 37.3 Å². The molecule has 1 amide bonds. The number of hydrogen-bond donors (Lipinski definition) is 1. The van der Waals surface area contributed by atoms with E-state index in [-0.39, 0.29) is 54.2 Å². The highest BCUT2D eigenvalue weighted by Crippen LogP contribution is 2.43. The second-order valence-electron chi connectivity index (χ2n) is 14.1. The van der Waals surface area contributed by atoms with Gasteiger partial charge in [0, 0.05) is 31.1 Å². The molecular weight excluding hydrogens is 658 g/mol. The van der Waals surface area contributed by atoms with Crippen molar-refractivity contribution in [3.8, 4) is 17.2 Å². The summed E-state index contributed by atoms with van der Waals surface area (Å²) in [4.78, 5) is 16.4. The number of halogens is 3. The molecule has 2 heterocycles. The number of methoxy groups -OCH3 is 2. The van der Waals surface area contributed by atoms with E-state index in [1.807, 2.05) is 17.0 Å². The molecule has 0 spiro atoms. The summed E-state index contributed by atoms with van der Waals surface area (Å²) in [5.41, 5.74) is 0.429. The molecule has 2 aliphatic rings. The Morgan fingerprint density at radius 3 is 2.35 bits per heavy atom. The number of carbonyl (C=O) groups is 1. The van der Waals surface area contributed by atoms with E-state index in [2.05, 4.69) is 33.9 Å². The fourth-order valence-electron chi connectivity index (χ4n) is 5.96. The maximum Gasteiger partial charge on any atom is 0.227 e. The summed E-state index contributed by atoms with van der Waals surface area (Å²) in [7, 11) is 0.617. The van der Waals surface area contributed by atoms with Crippen molar-refractivity contribution in [2.75, 3.05) is 43.7 Å². The molecule has 1 fully saturated rings. The molecule has 0 bridgehead atoms. The minimum absolute atomic E-state index is 0.142. The molecule has 0 unspecified atom stereocenters. The zero-order chi connectivity index (χ0) is 35.0. The van der Waals surface area contributed by atoms with Crippen LogP contribution in [0.1, 0.15) is 44.7 Å². The largest absolute Gasteiger partial charge is 0.497 e. The lowest BCUT2D eigenvalue weighted by molar-refractivity contribution is -0.119. The highest BCUT2D eigenvalue weighted by molar-refractivity contribution is 6.74. The Balaban J connectivity index is 1.43. The van der Waals surface area contributed by atoms with Gasteiger partial charge in [0.1, 0.15) is 41.1 Å². The molecule has 1 N–H and O–H groups in total. The lowest BCUT2D eigenvalue weighted by Gasteiger charge is -2.49. The standard InChI is InChI=1S/C36H45ClF2N2O6Si/c1-35(2,3)48(6,7)47-32-21-40(29-19-31(45-5)26(37)18-28(29)39)17-16-36(32,43)22-46-30-14-13-27(38)34-25(30)12-15-33(42)41(34)20-23-8-10-24(44-4)11-9-23/h8-11,13-14,18-19,32,43H,12,15-17,20-22H2,1-7H3/t32-,36-/m1/s1. The molecule has 0 aliphatic carbocycles. The van der Waals surface area contributed by atoms with Crippen LogP contribution in [-0.2, 0) is 22.2 Å². The zero-order valence-electron chi connectivity index (χ0n) is 28.7.